The molecular formula is C17H13FN2O2. The number of anilines is 1. The first kappa shape index (κ1) is 14.0. The molecule has 2 aromatic carbocycles. The van der Waals surface area contributed by atoms with Crippen molar-refractivity contribution in [2.75, 3.05) is 5.32 Å². The Bertz CT molecular complexity index is 914. The summed E-state index contributed by atoms with van der Waals surface area (Å²) in [6.07, 6.45) is 0. The molecule has 0 fully saturated rings. The number of aryl methyl sites for hydroxylation is 1. The number of rotatable bonds is 2. The third-order valence-corrected chi connectivity index (χ3v) is 3.48. The zero-order valence-electron chi connectivity index (χ0n) is 11.8. The van der Waals surface area contributed by atoms with Gasteiger partial charge in [-0.3, -0.25) is 9.59 Å². The first-order chi connectivity index (χ1) is 10.6. The SMILES string of the molecule is Cn1c(=O)c(C(=O)Nc2ccc(F)cc2)cc2ccccc21. The first-order valence-electron chi connectivity index (χ1n) is 6.72. The Labute approximate surface area is 125 Å². The van der Waals surface area contributed by atoms with Crippen molar-refractivity contribution < 1.29 is 9.18 Å². The summed E-state index contributed by atoms with van der Waals surface area (Å²) in [7, 11) is 1.62. The van der Waals surface area contributed by atoms with Crippen LogP contribution in [-0.2, 0) is 7.05 Å². The molecule has 0 atom stereocenters. The van der Waals surface area contributed by atoms with Crippen LogP contribution in [0.15, 0.2) is 59.4 Å². The van der Waals surface area contributed by atoms with Gasteiger partial charge in [0.2, 0.25) is 0 Å². The van der Waals surface area contributed by atoms with Crippen LogP contribution < -0.4 is 10.9 Å². The summed E-state index contributed by atoms with van der Waals surface area (Å²) in [4.78, 5) is 24.6. The molecule has 4 nitrogen and oxygen atoms in total. The van der Waals surface area contributed by atoms with E-state index in [1.807, 2.05) is 24.3 Å². The van der Waals surface area contributed by atoms with Gasteiger partial charge in [0.05, 0.1) is 5.52 Å². The lowest BCUT2D eigenvalue weighted by molar-refractivity contribution is 0.102. The van der Waals surface area contributed by atoms with Crippen LogP contribution in [0.2, 0.25) is 0 Å². The molecule has 1 aromatic heterocycles. The second kappa shape index (κ2) is 5.44. The monoisotopic (exact) mass is 296 g/mol. The van der Waals surface area contributed by atoms with Gasteiger partial charge in [0.15, 0.2) is 0 Å². The third-order valence-electron chi connectivity index (χ3n) is 3.48. The maximum atomic E-state index is 12.9. The number of amides is 1. The number of hydrogen-bond acceptors (Lipinski definition) is 2. The van der Waals surface area contributed by atoms with Gasteiger partial charge in [-0.15, -0.1) is 0 Å². The zero-order valence-corrected chi connectivity index (χ0v) is 11.8. The van der Waals surface area contributed by atoms with E-state index in [1.165, 1.54) is 28.8 Å². The van der Waals surface area contributed by atoms with Crippen molar-refractivity contribution in [1.82, 2.24) is 4.57 Å². The van der Waals surface area contributed by atoms with E-state index in [9.17, 15) is 14.0 Å². The Morgan fingerprint density at radius 2 is 1.77 bits per heavy atom. The van der Waals surface area contributed by atoms with Crippen molar-refractivity contribution in [1.29, 1.82) is 0 Å². The summed E-state index contributed by atoms with van der Waals surface area (Å²) in [6.45, 7) is 0. The Kier molecular flexibility index (Phi) is 3.47. The first-order valence-corrected chi connectivity index (χ1v) is 6.72. The van der Waals surface area contributed by atoms with Crippen LogP contribution in [0, 0.1) is 5.82 Å². The van der Waals surface area contributed by atoms with Gasteiger partial charge in [0.1, 0.15) is 11.4 Å². The number of para-hydroxylation sites is 1. The van der Waals surface area contributed by atoms with Gasteiger partial charge in [-0.2, -0.15) is 0 Å². The molecule has 1 heterocycles. The van der Waals surface area contributed by atoms with Gasteiger partial charge in [-0.05, 0) is 41.8 Å². The molecule has 0 spiro atoms. The number of fused-ring (bicyclic) bond motifs is 1. The average molecular weight is 296 g/mol. The molecule has 5 heteroatoms. The Morgan fingerprint density at radius 3 is 2.50 bits per heavy atom. The minimum atomic E-state index is -0.516. The van der Waals surface area contributed by atoms with Crippen LogP contribution in [-0.4, -0.2) is 10.5 Å². The van der Waals surface area contributed by atoms with Crippen molar-refractivity contribution in [3.05, 3.63) is 76.3 Å². The number of halogens is 1. The van der Waals surface area contributed by atoms with Gasteiger partial charge in [-0.25, -0.2) is 4.39 Å². The topological polar surface area (TPSA) is 51.1 Å². The lowest BCUT2D eigenvalue weighted by atomic mass is 10.1. The zero-order chi connectivity index (χ0) is 15.7. The predicted molar refractivity (Wildman–Crippen MR) is 83.5 cm³/mol. The predicted octanol–water partition coefficient (Wildman–Crippen LogP) is 2.93. The molecule has 0 saturated heterocycles. The number of pyridine rings is 1. The summed E-state index contributed by atoms with van der Waals surface area (Å²) < 4.78 is 14.3. The fourth-order valence-corrected chi connectivity index (χ4v) is 2.32. The van der Waals surface area contributed by atoms with Crippen LogP contribution in [0.1, 0.15) is 10.4 Å². The molecule has 0 bridgehead atoms. The molecule has 0 aliphatic heterocycles. The van der Waals surface area contributed by atoms with Crippen LogP contribution in [0.5, 0.6) is 0 Å². The molecular weight excluding hydrogens is 283 g/mol. The fourth-order valence-electron chi connectivity index (χ4n) is 2.32. The van der Waals surface area contributed by atoms with E-state index in [-0.39, 0.29) is 16.9 Å². The molecule has 3 rings (SSSR count). The van der Waals surface area contributed by atoms with Crippen molar-refractivity contribution in [2.24, 2.45) is 7.05 Å². The van der Waals surface area contributed by atoms with E-state index in [0.29, 0.717) is 5.69 Å². The van der Waals surface area contributed by atoms with E-state index >= 15 is 0 Å². The second-order valence-electron chi connectivity index (χ2n) is 4.94. The van der Waals surface area contributed by atoms with E-state index in [4.69, 9.17) is 0 Å². The van der Waals surface area contributed by atoms with Gasteiger partial charge in [-0.1, -0.05) is 18.2 Å². The van der Waals surface area contributed by atoms with Crippen LogP contribution in [0.4, 0.5) is 10.1 Å². The summed E-state index contributed by atoms with van der Waals surface area (Å²) in [5.74, 6) is -0.905. The van der Waals surface area contributed by atoms with Crippen molar-refractivity contribution in [3.8, 4) is 0 Å². The molecule has 0 saturated carbocycles. The summed E-state index contributed by atoms with van der Waals surface area (Å²) >= 11 is 0. The highest BCUT2D eigenvalue weighted by Gasteiger charge is 2.14. The van der Waals surface area contributed by atoms with Crippen LogP contribution in [0.3, 0.4) is 0 Å². The Hall–Kier alpha value is -2.95. The largest absolute Gasteiger partial charge is 0.322 e. The molecule has 0 aliphatic rings. The summed E-state index contributed by atoms with van der Waals surface area (Å²) in [5, 5.41) is 3.40. The highest BCUT2D eigenvalue weighted by molar-refractivity contribution is 6.05. The molecule has 1 amide bonds. The molecule has 0 aliphatic carbocycles. The highest BCUT2D eigenvalue weighted by Crippen LogP contribution is 2.14. The number of benzene rings is 2. The minimum absolute atomic E-state index is 0.0468. The van der Waals surface area contributed by atoms with Crippen LogP contribution >= 0.6 is 0 Å². The number of nitrogens with one attached hydrogen (secondary N) is 1. The van der Waals surface area contributed by atoms with E-state index in [2.05, 4.69) is 5.32 Å². The minimum Gasteiger partial charge on any atom is -0.322 e. The third kappa shape index (κ3) is 2.48. The van der Waals surface area contributed by atoms with Gasteiger partial charge < -0.3 is 9.88 Å². The molecule has 1 N–H and O–H groups in total. The fraction of sp³-hybridized carbons (Fsp3) is 0.0588. The van der Waals surface area contributed by atoms with Gasteiger partial charge >= 0.3 is 0 Å². The lowest BCUT2D eigenvalue weighted by Crippen LogP contribution is -2.27. The van der Waals surface area contributed by atoms with Crippen molar-refractivity contribution in [3.63, 3.8) is 0 Å². The number of nitrogens with zero attached hydrogens (tertiary/aromatic N) is 1. The van der Waals surface area contributed by atoms with Crippen LogP contribution in [0.25, 0.3) is 10.9 Å². The van der Waals surface area contributed by atoms with E-state index in [0.717, 1.165) is 10.9 Å². The lowest BCUT2D eigenvalue weighted by Gasteiger charge is -2.09. The molecule has 0 unspecified atom stereocenters. The smallest absolute Gasteiger partial charge is 0.263 e. The normalized spacial score (nSPS) is 10.6. The maximum Gasteiger partial charge on any atom is 0.263 e. The molecule has 0 radical (unpaired) electrons. The summed E-state index contributed by atoms with van der Waals surface area (Å²) in [6, 6.07) is 14.3. The van der Waals surface area contributed by atoms with Gasteiger partial charge in [0.25, 0.3) is 11.5 Å². The number of hydrogen-bond donors (Lipinski definition) is 1. The van der Waals surface area contributed by atoms with E-state index in [1.54, 1.807) is 13.1 Å². The van der Waals surface area contributed by atoms with E-state index < -0.39 is 5.91 Å². The maximum absolute atomic E-state index is 12.9. The molecule has 22 heavy (non-hydrogen) atoms. The standard InChI is InChI=1S/C17H13FN2O2/c1-20-15-5-3-2-4-11(15)10-14(17(20)22)16(21)19-13-8-6-12(18)7-9-13/h2-10H,1H3,(H,19,21). The number of aromatic nitrogens is 1. The Balaban J connectivity index is 2.02. The Morgan fingerprint density at radius 1 is 1.09 bits per heavy atom. The van der Waals surface area contributed by atoms with Crippen molar-refractivity contribution in [2.45, 2.75) is 0 Å². The second-order valence-corrected chi connectivity index (χ2v) is 4.94. The average Bonchev–Trinajstić information content (AvgIpc) is 2.53. The highest BCUT2D eigenvalue weighted by atomic mass is 19.1. The molecule has 3 aromatic rings. The van der Waals surface area contributed by atoms with Gasteiger partial charge in [0, 0.05) is 12.7 Å². The van der Waals surface area contributed by atoms with Crippen molar-refractivity contribution >= 4 is 22.5 Å². The molecule has 110 valence electrons. The quantitative estimate of drug-likeness (QED) is 0.790. The number of carbonyl (C=O) groups is 1. The number of carbonyl (C=O) groups excluding carboxylic acids is 1. The summed E-state index contributed by atoms with van der Waals surface area (Å²) in [5.41, 5.74) is 0.858.